The molecule has 0 atom stereocenters. The predicted octanol–water partition coefficient (Wildman–Crippen LogP) is 5.85. The molecular weight excluding hydrogens is 481 g/mol. The number of carbonyl (C=O) groups excluding carboxylic acids is 2. The highest BCUT2D eigenvalue weighted by Crippen LogP contribution is 2.35. The molecule has 1 N–H and O–H groups in total. The van der Waals surface area contributed by atoms with Gasteiger partial charge in [-0.05, 0) is 48.5 Å². The molecule has 0 aromatic heterocycles. The third-order valence-electron chi connectivity index (χ3n) is 4.28. The smallest absolute Gasteiger partial charge is 0.418 e. The molecule has 3 rings (SSSR count). The van der Waals surface area contributed by atoms with E-state index in [0.717, 1.165) is 18.2 Å². The number of hydrogen-bond donors (Lipinski definition) is 1. The summed E-state index contributed by atoms with van der Waals surface area (Å²) in [6.45, 7) is -0.819. The average Bonchev–Trinajstić information content (AvgIpc) is 2.78. The van der Waals surface area contributed by atoms with Crippen molar-refractivity contribution in [3.05, 3.63) is 93.0 Å². The molecule has 0 spiro atoms. The molecule has 0 unspecified atom stereocenters. The fourth-order valence-electron chi connectivity index (χ4n) is 2.75. The van der Waals surface area contributed by atoms with Gasteiger partial charge in [0.1, 0.15) is 5.75 Å². The molecule has 0 heterocycles. The van der Waals surface area contributed by atoms with Gasteiger partial charge in [-0.1, -0.05) is 23.7 Å². The van der Waals surface area contributed by atoms with Crippen molar-refractivity contribution < 1.29 is 37.2 Å². The summed E-state index contributed by atoms with van der Waals surface area (Å²) < 4.78 is 49.3. The van der Waals surface area contributed by atoms with Crippen LogP contribution in [0.15, 0.2) is 66.7 Å². The van der Waals surface area contributed by atoms with Gasteiger partial charge in [0.15, 0.2) is 6.61 Å². The van der Waals surface area contributed by atoms with Gasteiger partial charge >= 0.3 is 17.8 Å². The maximum atomic E-state index is 13.0. The molecule has 34 heavy (non-hydrogen) atoms. The number of para-hydroxylation sites is 1. The number of hydrogen-bond acceptors (Lipinski definition) is 6. The summed E-state index contributed by atoms with van der Waals surface area (Å²) in [5, 5.41) is 13.3. The summed E-state index contributed by atoms with van der Waals surface area (Å²) in [6, 6.07) is 13.5. The summed E-state index contributed by atoms with van der Waals surface area (Å²) in [6.07, 6.45) is -4.67. The fourth-order valence-corrected chi connectivity index (χ4v) is 2.91. The normalized spacial score (nSPS) is 10.9. The van der Waals surface area contributed by atoms with Crippen molar-refractivity contribution in [2.24, 2.45) is 0 Å². The lowest BCUT2D eigenvalue weighted by atomic mass is 10.1. The Hall–Kier alpha value is -4.12. The van der Waals surface area contributed by atoms with E-state index in [9.17, 15) is 32.9 Å². The molecule has 0 bridgehead atoms. The molecule has 8 nitrogen and oxygen atoms in total. The highest BCUT2D eigenvalue weighted by Gasteiger charge is 2.33. The summed E-state index contributed by atoms with van der Waals surface area (Å²) >= 11 is 5.75. The van der Waals surface area contributed by atoms with Crippen molar-refractivity contribution in [2.45, 2.75) is 6.18 Å². The van der Waals surface area contributed by atoms with Gasteiger partial charge in [-0.2, -0.15) is 13.2 Å². The number of nitro benzene ring substituents is 1. The van der Waals surface area contributed by atoms with Crippen LogP contribution in [0.5, 0.6) is 11.5 Å². The van der Waals surface area contributed by atoms with Crippen LogP contribution in [0, 0.1) is 10.1 Å². The molecule has 0 saturated heterocycles. The predicted molar refractivity (Wildman–Crippen MR) is 115 cm³/mol. The minimum absolute atomic E-state index is 0.0152. The van der Waals surface area contributed by atoms with Crippen molar-refractivity contribution in [2.75, 3.05) is 11.9 Å². The van der Waals surface area contributed by atoms with Crippen molar-refractivity contribution in [1.82, 2.24) is 0 Å². The Bertz CT molecular complexity index is 1230. The SMILES string of the molecule is O=C(COC(=O)c1ccc(Oc2ccc(Cl)cc2[N+](=O)[O-])cc1)Nc1ccccc1C(F)(F)F. The van der Waals surface area contributed by atoms with Crippen molar-refractivity contribution in [1.29, 1.82) is 0 Å². The second-order valence-electron chi connectivity index (χ2n) is 6.66. The number of rotatable bonds is 7. The first-order chi connectivity index (χ1) is 16.0. The van der Waals surface area contributed by atoms with Gasteiger partial charge < -0.3 is 14.8 Å². The van der Waals surface area contributed by atoms with Gasteiger partial charge in [0.05, 0.1) is 21.7 Å². The molecule has 3 aromatic carbocycles. The molecule has 0 fully saturated rings. The third kappa shape index (κ3) is 6.23. The Morgan fingerprint density at radius 3 is 2.35 bits per heavy atom. The Labute approximate surface area is 195 Å². The molecule has 0 aliphatic carbocycles. The van der Waals surface area contributed by atoms with Gasteiger partial charge in [-0.15, -0.1) is 0 Å². The zero-order valence-corrected chi connectivity index (χ0v) is 17.7. The van der Waals surface area contributed by atoms with Crippen LogP contribution < -0.4 is 10.1 Å². The van der Waals surface area contributed by atoms with E-state index in [-0.39, 0.29) is 27.8 Å². The molecule has 12 heteroatoms. The summed E-state index contributed by atoms with van der Waals surface area (Å²) in [5.74, 6) is -1.77. The van der Waals surface area contributed by atoms with E-state index in [2.05, 4.69) is 5.32 Å². The van der Waals surface area contributed by atoms with Crippen LogP contribution in [0.2, 0.25) is 5.02 Å². The molecule has 1 amide bonds. The first-order valence-electron chi connectivity index (χ1n) is 9.39. The second-order valence-corrected chi connectivity index (χ2v) is 7.10. The number of nitrogens with zero attached hydrogens (tertiary/aromatic N) is 1. The van der Waals surface area contributed by atoms with E-state index < -0.39 is 40.8 Å². The Balaban J connectivity index is 1.60. The summed E-state index contributed by atoms with van der Waals surface area (Å²) in [5.41, 5.74) is -1.84. The second kappa shape index (κ2) is 10.2. The number of ether oxygens (including phenoxy) is 2. The van der Waals surface area contributed by atoms with Gasteiger partial charge in [-0.25, -0.2) is 4.79 Å². The topological polar surface area (TPSA) is 108 Å². The van der Waals surface area contributed by atoms with E-state index in [1.165, 1.54) is 48.5 Å². The lowest BCUT2D eigenvalue weighted by Crippen LogP contribution is -2.22. The number of nitro groups is 1. The van der Waals surface area contributed by atoms with Gasteiger partial charge in [0, 0.05) is 11.1 Å². The first-order valence-corrected chi connectivity index (χ1v) is 9.77. The largest absolute Gasteiger partial charge is 0.452 e. The molecule has 0 radical (unpaired) electrons. The minimum atomic E-state index is -4.67. The lowest BCUT2D eigenvalue weighted by Gasteiger charge is -2.13. The zero-order chi connectivity index (χ0) is 24.9. The maximum Gasteiger partial charge on any atom is 0.418 e. The van der Waals surface area contributed by atoms with Gasteiger partial charge in [0.25, 0.3) is 5.91 Å². The van der Waals surface area contributed by atoms with Crippen LogP contribution in [-0.4, -0.2) is 23.4 Å². The zero-order valence-electron chi connectivity index (χ0n) is 17.0. The quantitative estimate of drug-likeness (QED) is 0.250. The molecule has 0 aliphatic rings. The summed E-state index contributed by atoms with van der Waals surface area (Å²) in [7, 11) is 0. The third-order valence-corrected chi connectivity index (χ3v) is 4.51. The number of alkyl halides is 3. The van der Waals surface area contributed by atoms with E-state index >= 15 is 0 Å². The molecule has 176 valence electrons. The summed E-state index contributed by atoms with van der Waals surface area (Å²) in [4.78, 5) is 34.6. The highest BCUT2D eigenvalue weighted by molar-refractivity contribution is 6.30. The number of carbonyl (C=O) groups is 2. The number of amides is 1. The molecule has 0 aliphatic heterocycles. The molecular formula is C22H14ClF3N2O6. The maximum absolute atomic E-state index is 13.0. The first kappa shape index (κ1) is 24.5. The number of halogens is 4. The van der Waals surface area contributed by atoms with E-state index in [1.807, 2.05) is 0 Å². The monoisotopic (exact) mass is 494 g/mol. The average molecular weight is 495 g/mol. The number of benzene rings is 3. The highest BCUT2D eigenvalue weighted by atomic mass is 35.5. The lowest BCUT2D eigenvalue weighted by molar-refractivity contribution is -0.385. The van der Waals surface area contributed by atoms with Crippen molar-refractivity contribution in [3.63, 3.8) is 0 Å². The van der Waals surface area contributed by atoms with Crippen LogP contribution >= 0.6 is 11.6 Å². The Kier molecular flexibility index (Phi) is 7.37. The number of esters is 1. The number of nitrogens with one attached hydrogen (secondary N) is 1. The Morgan fingerprint density at radius 1 is 1.03 bits per heavy atom. The standard InChI is InChI=1S/C22H14ClF3N2O6/c23-14-7-10-19(18(11-14)28(31)32)34-15-8-5-13(6-9-15)21(30)33-12-20(29)27-17-4-2-1-3-16(17)22(24,25)26/h1-11H,12H2,(H,27,29). The fraction of sp³-hybridized carbons (Fsp3) is 0.0909. The molecule has 3 aromatic rings. The number of anilines is 1. The van der Waals surface area contributed by atoms with E-state index in [0.29, 0.717) is 0 Å². The van der Waals surface area contributed by atoms with Gasteiger partial charge in [0.2, 0.25) is 5.75 Å². The van der Waals surface area contributed by atoms with E-state index in [4.69, 9.17) is 21.1 Å². The van der Waals surface area contributed by atoms with E-state index in [1.54, 1.807) is 0 Å². The van der Waals surface area contributed by atoms with Crippen LogP contribution in [0.1, 0.15) is 15.9 Å². The van der Waals surface area contributed by atoms with Gasteiger partial charge in [-0.3, -0.25) is 14.9 Å². The van der Waals surface area contributed by atoms with Crippen molar-refractivity contribution in [3.8, 4) is 11.5 Å². The minimum Gasteiger partial charge on any atom is -0.452 e. The van der Waals surface area contributed by atoms with Crippen molar-refractivity contribution >= 4 is 34.9 Å². The van der Waals surface area contributed by atoms with Crippen LogP contribution in [-0.2, 0) is 15.7 Å². The Morgan fingerprint density at radius 2 is 1.71 bits per heavy atom. The van der Waals surface area contributed by atoms with Crippen LogP contribution in [0.4, 0.5) is 24.5 Å². The van der Waals surface area contributed by atoms with Crippen LogP contribution in [0.25, 0.3) is 0 Å². The molecule has 0 saturated carbocycles. The van der Waals surface area contributed by atoms with Crippen LogP contribution in [0.3, 0.4) is 0 Å².